The van der Waals surface area contributed by atoms with E-state index in [-0.39, 0.29) is 0 Å². The second-order valence-electron chi connectivity index (χ2n) is 2.09. The molecule has 1 rings (SSSR count). The van der Waals surface area contributed by atoms with Gasteiger partial charge in [0.25, 0.3) is 0 Å². The summed E-state index contributed by atoms with van der Waals surface area (Å²) in [5, 5.41) is 7.41. The third kappa shape index (κ3) is 2.67. The average molecular weight is 157 g/mol. The van der Waals surface area contributed by atoms with Gasteiger partial charge in [-0.3, -0.25) is 10.6 Å². The molecule has 1 saturated heterocycles. The SMILES string of the molecule is C=CC(=O)ON1CNCNC1. The lowest BCUT2D eigenvalue weighted by atomic mass is 10.7. The maximum Gasteiger partial charge on any atom is 0.349 e. The molecule has 0 aromatic carbocycles. The summed E-state index contributed by atoms with van der Waals surface area (Å²) in [6.07, 6.45) is 1.13. The number of hydrogen-bond donors (Lipinski definition) is 2. The highest BCUT2D eigenvalue weighted by Gasteiger charge is 2.11. The van der Waals surface area contributed by atoms with Crippen molar-refractivity contribution in [2.24, 2.45) is 0 Å². The van der Waals surface area contributed by atoms with Gasteiger partial charge in [0.1, 0.15) is 0 Å². The maximum atomic E-state index is 10.6. The van der Waals surface area contributed by atoms with Crippen LogP contribution in [0.5, 0.6) is 0 Å². The molecule has 1 fully saturated rings. The Labute approximate surface area is 65.0 Å². The minimum Gasteiger partial charge on any atom is -0.362 e. The molecular weight excluding hydrogens is 146 g/mol. The fourth-order valence-electron chi connectivity index (χ4n) is 0.735. The van der Waals surface area contributed by atoms with E-state index in [1.54, 1.807) is 0 Å². The molecule has 0 aromatic heterocycles. The highest BCUT2D eigenvalue weighted by atomic mass is 16.7. The summed E-state index contributed by atoms with van der Waals surface area (Å²) in [6.45, 7) is 5.12. The van der Waals surface area contributed by atoms with Gasteiger partial charge < -0.3 is 4.84 Å². The fourth-order valence-corrected chi connectivity index (χ4v) is 0.735. The summed E-state index contributed by atoms with van der Waals surface area (Å²) in [5.74, 6) is -0.435. The van der Waals surface area contributed by atoms with Crippen LogP contribution in [-0.2, 0) is 9.63 Å². The van der Waals surface area contributed by atoms with Crippen molar-refractivity contribution in [3.8, 4) is 0 Å². The average Bonchev–Trinajstić information content (AvgIpc) is 2.06. The standard InChI is InChI=1S/C6H11N3O2/c1-2-6(10)11-9-4-7-3-8-5-9/h2,7-8H,1,3-5H2. The van der Waals surface area contributed by atoms with Crippen LogP contribution >= 0.6 is 0 Å². The molecule has 0 spiro atoms. The zero-order valence-electron chi connectivity index (χ0n) is 6.17. The molecule has 1 heterocycles. The van der Waals surface area contributed by atoms with E-state index in [0.717, 1.165) is 12.7 Å². The third-order valence-electron chi connectivity index (χ3n) is 1.21. The summed E-state index contributed by atoms with van der Waals surface area (Å²) < 4.78 is 0. The van der Waals surface area contributed by atoms with Gasteiger partial charge in [0.2, 0.25) is 0 Å². The van der Waals surface area contributed by atoms with Crippen LogP contribution in [0.2, 0.25) is 0 Å². The van der Waals surface area contributed by atoms with Gasteiger partial charge in [0.15, 0.2) is 0 Å². The van der Waals surface area contributed by atoms with E-state index in [0.29, 0.717) is 13.3 Å². The van der Waals surface area contributed by atoms with Crippen molar-refractivity contribution in [2.75, 3.05) is 20.0 Å². The molecule has 2 N–H and O–H groups in total. The van der Waals surface area contributed by atoms with Crippen molar-refractivity contribution >= 4 is 5.97 Å². The van der Waals surface area contributed by atoms with Crippen LogP contribution in [0.4, 0.5) is 0 Å². The Morgan fingerprint density at radius 2 is 2.18 bits per heavy atom. The molecule has 62 valence electrons. The van der Waals surface area contributed by atoms with E-state index in [1.165, 1.54) is 5.06 Å². The zero-order valence-corrected chi connectivity index (χ0v) is 6.17. The van der Waals surface area contributed by atoms with Crippen LogP contribution in [0.3, 0.4) is 0 Å². The Bertz CT molecular complexity index is 154. The van der Waals surface area contributed by atoms with Gasteiger partial charge in [-0.2, -0.15) is 0 Å². The smallest absolute Gasteiger partial charge is 0.349 e. The van der Waals surface area contributed by atoms with Gasteiger partial charge >= 0.3 is 5.97 Å². The molecule has 5 heteroatoms. The predicted molar refractivity (Wildman–Crippen MR) is 39.0 cm³/mol. The van der Waals surface area contributed by atoms with E-state index in [2.05, 4.69) is 17.2 Å². The summed E-state index contributed by atoms with van der Waals surface area (Å²) in [4.78, 5) is 15.4. The van der Waals surface area contributed by atoms with Gasteiger partial charge in [-0.15, -0.1) is 5.06 Å². The van der Waals surface area contributed by atoms with Crippen LogP contribution in [0.25, 0.3) is 0 Å². The highest BCUT2D eigenvalue weighted by molar-refractivity contribution is 5.80. The van der Waals surface area contributed by atoms with Crippen molar-refractivity contribution < 1.29 is 9.63 Å². The molecule has 0 atom stereocenters. The molecule has 0 saturated carbocycles. The summed E-state index contributed by atoms with van der Waals surface area (Å²) in [5.41, 5.74) is 0. The Balaban J connectivity index is 2.24. The van der Waals surface area contributed by atoms with Gasteiger partial charge in [-0.05, 0) is 0 Å². The van der Waals surface area contributed by atoms with Crippen LogP contribution < -0.4 is 10.6 Å². The van der Waals surface area contributed by atoms with Gasteiger partial charge in [-0.1, -0.05) is 6.58 Å². The van der Waals surface area contributed by atoms with E-state index < -0.39 is 5.97 Å². The van der Waals surface area contributed by atoms with E-state index in [9.17, 15) is 4.79 Å². The van der Waals surface area contributed by atoms with Gasteiger partial charge in [0.05, 0.1) is 13.3 Å². The number of nitrogens with one attached hydrogen (secondary N) is 2. The molecule has 11 heavy (non-hydrogen) atoms. The number of rotatable bonds is 2. The van der Waals surface area contributed by atoms with Crippen molar-refractivity contribution in [3.63, 3.8) is 0 Å². The van der Waals surface area contributed by atoms with Gasteiger partial charge in [-0.25, -0.2) is 4.79 Å². The van der Waals surface area contributed by atoms with Crippen molar-refractivity contribution in [2.45, 2.75) is 0 Å². The fraction of sp³-hybridized carbons (Fsp3) is 0.500. The monoisotopic (exact) mass is 157 g/mol. The number of hydrogen-bond acceptors (Lipinski definition) is 5. The first kappa shape index (κ1) is 8.19. The first-order valence-corrected chi connectivity index (χ1v) is 3.33. The lowest BCUT2D eigenvalue weighted by Gasteiger charge is -2.25. The second-order valence-corrected chi connectivity index (χ2v) is 2.09. The number of nitrogens with zero attached hydrogens (tertiary/aromatic N) is 1. The predicted octanol–water partition coefficient (Wildman–Crippen LogP) is -1.00. The zero-order chi connectivity index (χ0) is 8.10. The molecule has 0 bridgehead atoms. The summed E-state index contributed by atoms with van der Waals surface area (Å²) in [6, 6.07) is 0. The Hall–Kier alpha value is -0.910. The van der Waals surface area contributed by atoms with E-state index >= 15 is 0 Å². The lowest BCUT2D eigenvalue weighted by molar-refractivity contribution is -0.192. The molecular formula is C6H11N3O2. The van der Waals surface area contributed by atoms with Crippen LogP contribution in [-0.4, -0.2) is 31.0 Å². The van der Waals surface area contributed by atoms with Crippen LogP contribution in [0.1, 0.15) is 0 Å². The summed E-state index contributed by atoms with van der Waals surface area (Å²) >= 11 is 0. The molecule has 0 aromatic rings. The van der Waals surface area contributed by atoms with Crippen LogP contribution in [0.15, 0.2) is 12.7 Å². The number of hydroxylamine groups is 2. The molecule has 0 aliphatic carbocycles. The van der Waals surface area contributed by atoms with Gasteiger partial charge in [0, 0.05) is 12.7 Å². The lowest BCUT2D eigenvalue weighted by Crippen LogP contribution is -2.50. The largest absolute Gasteiger partial charge is 0.362 e. The number of carbonyl (C=O) groups is 1. The molecule has 0 radical (unpaired) electrons. The molecule has 5 nitrogen and oxygen atoms in total. The number of carbonyl (C=O) groups excluding carboxylic acids is 1. The Morgan fingerprint density at radius 3 is 2.73 bits per heavy atom. The quantitative estimate of drug-likeness (QED) is 0.503. The first-order chi connectivity index (χ1) is 5.33. The van der Waals surface area contributed by atoms with Crippen molar-refractivity contribution in [1.29, 1.82) is 0 Å². The van der Waals surface area contributed by atoms with E-state index in [1.807, 2.05) is 0 Å². The van der Waals surface area contributed by atoms with Crippen LogP contribution in [0, 0.1) is 0 Å². The minimum absolute atomic E-state index is 0.435. The normalized spacial score (nSPS) is 19.3. The molecule has 1 aliphatic heterocycles. The molecule has 0 unspecified atom stereocenters. The molecule has 0 amide bonds. The summed E-state index contributed by atoms with van der Waals surface area (Å²) in [7, 11) is 0. The van der Waals surface area contributed by atoms with Crippen molar-refractivity contribution in [1.82, 2.24) is 15.7 Å². The van der Waals surface area contributed by atoms with E-state index in [4.69, 9.17) is 4.84 Å². The Kier molecular flexibility index (Phi) is 3.03. The third-order valence-corrected chi connectivity index (χ3v) is 1.21. The molecule has 1 aliphatic rings. The highest BCUT2D eigenvalue weighted by Crippen LogP contribution is 1.90. The first-order valence-electron chi connectivity index (χ1n) is 3.33. The van der Waals surface area contributed by atoms with Crippen molar-refractivity contribution in [3.05, 3.63) is 12.7 Å². The maximum absolute atomic E-state index is 10.6. The topological polar surface area (TPSA) is 53.6 Å². The second kappa shape index (κ2) is 4.07. The Morgan fingerprint density at radius 1 is 1.55 bits per heavy atom. The minimum atomic E-state index is -0.435.